The predicted octanol–water partition coefficient (Wildman–Crippen LogP) is 3.13. The Bertz CT molecular complexity index is 687. The number of benzene rings is 1. The van der Waals surface area contributed by atoms with Crippen LogP contribution in [0.25, 0.3) is 0 Å². The van der Waals surface area contributed by atoms with E-state index in [0.717, 1.165) is 37.3 Å². The minimum atomic E-state index is -0.268. The third kappa shape index (κ3) is 3.76. The number of hydrogen-bond donors (Lipinski definition) is 1. The zero-order chi connectivity index (χ0) is 17.8. The second-order valence-corrected chi connectivity index (χ2v) is 7.02. The zero-order valence-corrected chi connectivity index (χ0v) is 15.4. The lowest BCUT2D eigenvalue weighted by atomic mass is 9.94. The van der Waals surface area contributed by atoms with Gasteiger partial charge in [0, 0.05) is 37.4 Å². The van der Waals surface area contributed by atoms with Gasteiger partial charge in [-0.2, -0.15) is 0 Å². The number of rotatable bonds is 5. The molecule has 1 atom stereocenters. The van der Waals surface area contributed by atoms with Gasteiger partial charge in [0.2, 0.25) is 5.91 Å². The number of amides is 1. The third-order valence-corrected chi connectivity index (χ3v) is 5.10. The van der Waals surface area contributed by atoms with Crippen LogP contribution in [0.15, 0.2) is 42.7 Å². The first-order chi connectivity index (χ1) is 12.1. The van der Waals surface area contributed by atoms with Crippen molar-refractivity contribution in [1.29, 1.82) is 0 Å². The highest BCUT2D eigenvalue weighted by Crippen LogP contribution is 2.29. The summed E-state index contributed by atoms with van der Waals surface area (Å²) in [4.78, 5) is 19.5. The van der Waals surface area contributed by atoms with Crippen molar-refractivity contribution < 1.29 is 4.79 Å². The van der Waals surface area contributed by atoms with Crippen LogP contribution in [0.5, 0.6) is 0 Å². The number of carbonyl (C=O) groups is 1. The quantitative estimate of drug-likeness (QED) is 0.910. The Morgan fingerprint density at radius 1 is 1.20 bits per heavy atom. The highest BCUT2D eigenvalue weighted by atomic mass is 16.2. The van der Waals surface area contributed by atoms with Crippen molar-refractivity contribution in [3.8, 4) is 0 Å². The van der Waals surface area contributed by atoms with Gasteiger partial charge in [0.25, 0.3) is 0 Å². The molecule has 1 aliphatic rings. The number of aromatic nitrogens is 2. The van der Waals surface area contributed by atoms with E-state index in [9.17, 15) is 4.79 Å². The second-order valence-electron chi connectivity index (χ2n) is 7.02. The first-order valence-corrected chi connectivity index (χ1v) is 9.15. The molecule has 0 saturated carbocycles. The molecule has 0 radical (unpaired) electrons. The molecule has 2 aromatic rings. The molecular formula is C20H28N4O. The minimum Gasteiger partial charge on any atom is -0.341 e. The molecule has 5 heteroatoms. The molecule has 134 valence electrons. The topological polar surface area (TPSA) is 50.2 Å². The molecule has 25 heavy (non-hydrogen) atoms. The maximum Gasteiger partial charge on any atom is 0.244 e. The van der Waals surface area contributed by atoms with Crippen LogP contribution < -0.4 is 5.32 Å². The highest BCUT2D eigenvalue weighted by Gasteiger charge is 2.30. The molecule has 0 unspecified atom stereocenters. The summed E-state index contributed by atoms with van der Waals surface area (Å²) in [6.45, 7) is 5.95. The van der Waals surface area contributed by atoms with Gasteiger partial charge in [0.05, 0.1) is 0 Å². The van der Waals surface area contributed by atoms with Gasteiger partial charge in [0.1, 0.15) is 11.9 Å². The molecule has 1 aromatic heterocycles. The summed E-state index contributed by atoms with van der Waals surface area (Å²) >= 11 is 0. The lowest BCUT2D eigenvalue weighted by molar-refractivity contribution is -0.134. The summed E-state index contributed by atoms with van der Waals surface area (Å²) in [5, 5.41) is 3.17. The second kappa shape index (κ2) is 7.83. The summed E-state index contributed by atoms with van der Waals surface area (Å²) in [5.74, 6) is 1.76. The highest BCUT2D eigenvalue weighted by molar-refractivity contribution is 5.83. The Morgan fingerprint density at radius 3 is 2.48 bits per heavy atom. The summed E-state index contributed by atoms with van der Waals surface area (Å²) in [6.07, 6.45) is 5.89. The fourth-order valence-electron chi connectivity index (χ4n) is 3.70. The Morgan fingerprint density at radius 2 is 1.88 bits per heavy atom. The van der Waals surface area contributed by atoms with Crippen LogP contribution in [0.4, 0.5) is 0 Å². The van der Waals surface area contributed by atoms with Gasteiger partial charge in [0.15, 0.2) is 0 Å². The van der Waals surface area contributed by atoms with Gasteiger partial charge in [-0.05, 0) is 39.3 Å². The van der Waals surface area contributed by atoms with Crippen molar-refractivity contribution in [2.75, 3.05) is 20.1 Å². The van der Waals surface area contributed by atoms with E-state index in [4.69, 9.17) is 0 Å². The molecule has 3 rings (SSSR count). The van der Waals surface area contributed by atoms with E-state index in [1.165, 1.54) is 0 Å². The zero-order valence-electron chi connectivity index (χ0n) is 15.4. The van der Waals surface area contributed by atoms with Crippen LogP contribution in [0.2, 0.25) is 0 Å². The van der Waals surface area contributed by atoms with Crippen molar-refractivity contribution in [2.45, 2.75) is 44.7 Å². The van der Waals surface area contributed by atoms with Crippen LogP contribution in [-0.2, 0) is 4.79 Å². The van der Waals surface area contributed by atoms with Crippen molar-refractivity contribution >= 4 is 5.91 Å². The molecule has 1 aliphatic heterocycles. The molecule has 5 nitrogen and oxygen atoms in total. The van der Waals surface area contributed by atoms with Crippen molar-refractivity contribution in [3.63, 3.8) is 0 Å². The van der Waals surface area contributed by atoms with E-state index in [-0.39, 0.29) is 11.9 Å². The number of carbonyl (C=O) groups excluding carboxylic acids is 1. The average Bonchev–Trinajstić information content (AvgIpc) is 3.13. The van der Waals surface area contributed by atoms with E-state index in [1.54, 1.807) is 0 Å². The van der Waals surface area contributed by atoms with Gasteiger partial charge in [-0.3, -0.25) is 4.79 Å². The van der Waals surface area contributed by atoms with E-state index in [2.05, 4.69) is 34.9 Å². The van der Waals surface area contributed by atoms with E-state index < -0.39 is 0 Å². The number of imidazole rings is 1. The van der Waals surface area contributed by atoms with Crippen molar-refractivity contribution in [3.05, 3.63) is 54.1 Å². The minimum absolute atomic E-state index is 0.166. The molecule has 1 amide bonds. The van der Waals surface area contributed by atoms with E-state index in [0.29, 0.717) is 12.0 Å². The maximum absolute atomic E-state index is 12.9. The fraction of sp³-hybridized carbons (Fsp3) is 0.500. The molecule has 2 heterocycles. The fourth-order valence-corrected chi connectivity index (χ4v) is 3.70. The summed E-state index contributed by atoms with van der Waals surface area (Å²) in [6, 6.07) is 10.1. The molecule has 1 saturated heterocycles. The number of hydrogen-bond acceptors (Lipinski definition) is 3. The third-order valence-electron chi connectivity index (χ3n) is 5.10. The molecule has 0 aliphatic carbocycles. The molecule has 1 aromatic carbocycles. The predicted molar refractivity (Wildman–Crippen MR) is 99.4 cm³/mol. The Kier molecular flexibility index (Phi) is 5.53. The SMILES string of the molecule is CN[C@@H](C(=O)N1CCC(c2nccn2C(C)C)CC1)c1ccccc1. The van der Waals surface area contributed by atoms with Gasteiger partial charge >= 0.3 is 0 Å². The van der Waals surface area contributed by atoms with Crippen LogP contribution in [0, 0.1) is 0 Å². The average molecular weight is 340 g/mol. The molecule has 1 fully saturated rings. The largest absolute Gasteiger partial charge is 0.341 e. The van der Waals surface area contributed by atoms with Crippen LogP contribution in [0.3, 0.4) is 0 Å². The van der Waals surface area contributed by atoms with Crippen molar-refractivity contribution in [1.82, 2.24) is 19.8 Å². The van der Waals surface area contributed by atoms with E-state index >= 15 is 0 Å². The summed E-state index contributed by atoms with van der Waals surface area (Å²) < 4.78 is 2.25. The number of likely N-dealkylation sites (tertiary alicyclic amines) is 1. The maximum atomic E-state index is 12.9. The summed E-state index contributed by atoms with van der Waals surface area (Å²) in [5.41, 5.74) is 1.02. The Labute approximate surface area is 150 Å². The molecule has 0 spiro atoms. The normalized spacial score (nSPS) is 17.0. The lowest BCUT2D eigenvalue weighted by Crippen LogP contribution is -2.44. The standard InChI is InChI=1S/C20H28N4O/c1-15(2)24-14-11-22-19(24)17-9-12-23(13-10-17)20(25)18(21-3)16-7-5-4-6-8-16/h4-8,11,14-15,17-18,21H,9-10,12-13H2,1-3H3/t18-/m1/s1. The molecule has 0 bridgehead atoms. The molecular weight excluding hydrogens is 312 g/mol. The number of nitrogens with zero attached hydrogens (tertiary/aromatic N) is 3. The van der Waals surface area contributed by atoms with Crippen LogP contribution in [0.1, 0.15) is 56.1 Å². The number of nitrogens with one attached hydrogen (secondary N) is 1. The first kappa shape index (κ1) is 17.7. The van der Waals surface area contributed by atoms with Gasteiger partial charge in [-0.15, -0.1) is 0 Å². The van der Waals surface area contributed by atoms with Crippen LogP contribution >= 0.6 is 0 Å². The smallest absolute Gasteiger partial charge is 0.244 e. The van der Waals surface area contributed by atoms with Crippen LogP contribution in [-0.4, -0.2) is 40.5 Å². The lowest BCUT2D eigenvalue weighted by Gasteiger charge is -2.34. The monoisotopic (exact) mass is 340 g/mol. The molecule has 1 N–H and O–H groups in total. The summed E-state index contributed by atoms with van der Waals surface area (Å²) in [7, 11) is 1.85. The number of likely N-dealkylation sites (N-methyl/N-ethyl adjacent to an activating group) is 1. The Balaban J connectivity index is 1.65. The first-order valence-electron chi connectivity index (χ1n) is 9.15. The van der Waals surface area contributed by atoms with E-state index in [1.807, 2.05) is 48.5 Å². The Hall–Kier alpha value is -2.14. The van der Waals surface area contributed by atoms with Gasteiger partial charge in [-0.1, -0.05) is 30.3 Å². The van der Waals surface area contributed by atoms with Crippen molar-refractivity contribution in [2.24, 2.45) is 0 Å². The van der Waals surface area contributed by atoms with Gasteiger partial charge in [-0.25, -0.2) is 4.98 Å². The van der Waals surface area contributed by atoms with Gasteiger partial charge < -0.3 is 14.8 Å². The number of piperidine rings is 1.